The molecule has 0 spiro atoms. The molecular weight excluding hydrogens is 358 g/mol. The van der Waals surface area contributed by atoms with Gasteiger partial charge in [-0.2, -0.15) is 0 Å². The third-order valence-corrected chi connectivity index (χ3v) is 4.17. The summed E-state index contributed by atoms with van der Waals surface area (Å²) < 4.78 is 5.30. The number of thioether (sulfide) groups is 1. The van der Waals surface area contributed by atoms with E-state index in [0.717, 1.165) is 5.56 Å². The van der Waals surface area contributed by atoms with Crippen molar-refractivity contribution in [2.24, 2.45) is 0 Å². The molecule has 0 saturated heterocycles. The minimum atomic E-state index is -0.190. The van der Waals surface area contributed by atoms with E-state index in [-0.39, 0.29) is 23.0 Å². The smallest absolute Gasteiger partial charge is 0.248 e. The van der Waals surface area contributed by atoms with Gasteiger partial charge in [-0.3, -0.25) is 20.4 Å². The Labute approximate surface area is 158 Å². The highest BCUT2D eigenvalue weighted by Gasteiger charge is 2.12. The van der Waals surface area contributed by atoms with Crippen molar-refractivity contribution in [3.63, 3.8) is 0 Å². The van der Waals surface area contributed by atoms with Crippen LogP contribution in [0.3, 0.4) is 0 Å². The zero-order valence-electron chi connectivity index (χ0n) is 15.2. The van der Waals surface area contributed by atoms with E-state index in [2.05, 4.69) is 16.2 Å². The van der Waals surface area contributed by atoms with Crippen LogP contribution in [0, 0.1) is 0 Å². The summed E-state index contributed by atoms with van der Waals surface area (Å²) in [4.78, 5) is 23.4. The Morgan fingerprint density at radius 2 is 1.92 bits per heavy atom. The highest BCUT2D eigenvalue weighted by atomic mass is 32.2. The lowest BCUT2D eigenvalue weighted by molar-refractivity contribution is -0.119. The van der Waals surface area contributed by atoms with E-state index < -0.39 is 0 Å². The molecule has 0 radical (unpaired) electrons. The standard InChI is InChI=1S/C17H25N3O3S2/c1-11(21)12-6-7-14(23-5)13(8-12)9-25-10-15(22)19-20-16(24)18-17(2,3)4/h6-8H,9-10H2,1-5H3,(H,19,22)(H2,18,20,24). The lowest BCUT2D eigenvalue weighted by Crippen LogP contribution is -2.52. The van der Waals surface area contributed by atoms with Gasteiger partial charge in [-0.15, -0.1) is 11.8 Å². The van der Waals surface area contributed by atoms with Crippen LogP contribution >= 0.6 is 24.0 Å². The monoisotopic (exact) mass is 383 g/mol. The Balaban J connectivity index is 2.46. The van der Waals surface area contributed by atoms with Gasteiger partial charge in [-0.05, 0) is 58.1 Å². The molecule has 0 aliphatic rings. The molecule has 0 atom stereocenters. The molecule has 1 aromatic rings. The quantitative estimate of drug-likeness (QED) is 0.395. The van der Waals surface area contributed by atoms with Crippen LogP contribution in [0.1, 0.15) is 43.6 Å². The van der Waals surface area contributed by atoms with E-state index in [4.69, 9.17) is 17.0 Å². The molecule has 1 rings (SSSR count). The van der Waals surface area contributed by atoms with Gasteiger partial charge < -0.3 is 10.1 Å². The zero-order valence-corrected chi connectivity index (χ0v) is 16.8. The first-order chi connectivity index (χ1) is 11.6. The van der Waals surface area contributed by atoms with Crippen molar-refractivity contribution in [2.75, 3.05) is 12.9 Å². The lowest BCUT2D eigenvalue weighted by atomic mass is 10.1. The highest BCUT2D eigenvalue weighted by molar-refractivity contribution is 7.99. The summed E-state index contributed by atoms with van der Waals surface area (Å²) in [5.41, 5.74) is 6.55. The van der Waals surface area contributed by atoms with Gasteiger partial charge in [0.25, 0.3) is 0 Å². The zero-order chi connectivity index (χ0) is 19.0. The van der Waals surface area contributed by atoms with Crippen molar-refractivity contribution in [2.45, 2.75) is 39.0 Å². The number of amides is 1. The fourth-order valence-electron chi connectivity index (χ4n) is 1.90. The maximum atomic E-state index is 11.9. The molecule has 0 fully saturated rings. The second-order valence-electron chi connectivity index (χ2n) is 6.45. The number of thiocarbonyl (C=S) groups is 1. The number of Topliss-reactive ketones (excluding diaryl/α,β-unsaturated/α-hetero) is 1. The molecule has 6 nitrogen and oxygen atoms in total. The van der Waals surface area contributed by atoms with E-state index in [1.807, 2.05) is 20.8 Å². The van der Waals surface area contributed by atoms with E-state index in [1.165, 1.54) is 18.7 Å². The van der Waals surface area contributed by atoms with Gasteiger partial charge in [0.2, 0.25) is 5.91 Å². The summed E-state index contributed by atoms with van der Waals surface area (Å²) >= 11 is 6.51. The summed E-state index contributed by atoms with van der Waals surface area (Å²) in [6, 6.07) is 5.30. The number of nitrogens with one attached hydrogen (secondary N) is 3. The third-order valence-electron chi connectivity index (χ3n) is 2.98. The highest BCUT2D eigenvalue weighted by Crippen LogP contribution is 2.24. The molecule has 25 heavy (non-hydrogen) atoms. The molecule has 0 saturated carbocycles. The van der Waals surface area contributed by atoms with Crippen molar-refractivity contribution in [1.82, 2.24) is 16.2 Å². The lowest BCUT2D eigenvalue weighted by Gasteiger charge is -2.23. The Morgan fingerprint density at radius 3 is 2.48 bits per heavy atom. The maximum absolute atomic E-state index is 11.9. The summed E-state index contributed by atoms with van der Waals surface area (Å²) in [7, 11) is 1.58. The molecule has 0 aromatic heterocycles. The second-order valence-corrected chi connectivity index (χ2v) is 7.85. The Kier molecular flexibility index (Phi) is 8.18. The number of carbonyl (C=O) groups is 2. The fraction of sp³-hybridized carbons (Fsp3) is 0.471. The van der Waals surface area contributed by atoms with E-state index in [9.17, 15) is 9.59 Å². The molecule has 3 N–H and O–H groups in total. The van der Waals surface area contributed by atoms with Crippen molar-refractivity contribution in [3.05, 3.63) is 29.3 Å². The van der Waals surface area contributed by atoms with E-state index in [0.29, 0.717) is 22.2 Å². The number of carbonyl (C=O) groups excluding carboxylic acids is 2. The molecule has 0 bridgehead atoms. The summed E-state index contributed by atoms with van der Waals surface area (Å²) in [6.07, 6.45) is 0. The molecule has 0 aliphatic carbocycles. The van der Waals surface area contributed by atoms with Gasteiger partial charge in [0.15, 0.2) is 10.9 Å². The first kappa shape index (κ1) is 21.2. The molecule has 0 aliphatic heterocycles. The predicted octanol–water partition coefficient (Wildman–Crippen LogP) is 2.42. The van der Waals surface area contributed by atoms with Gasteiger partial charge in [-0.25, -0.2) is 0 Å². The Hall–Kier alpha value is -1.80. The number of hydrogen-bond donors (Lipinski definition) is 3. The van der Waals surface area contributed by atoms with Crippen molar-refractivity contribution >= 4 is 40.8 Å². The number of methoxy groups -OCH3 is 1. The van der Waals surface area contributed by atoms with Crippen LogP contribution in [0.5, 0.6) is 5.75 Å². The second kappa shape index (κ2) is 9.62. The molecule has 138 valence electrons. The van der Waals surface area contributed by atoms with Crippen molar-refractivity contribution in [1.29, 1.82) is 0 Å². The van der Waals surface area contributed by atoms with Crippen LogP contribution in [-0.2, 0) is 10.5 Å². The average Bonchev–Trinajstić information content (AvgIpc) is 2.51. The number of ketones is 1. The molecule has 1 aromatic carbocycles. The van der Waals surface area contributed by atoms with Crippen LogP contribution in [0.2, 0.25) is 0 Å². The number of ether oxygens (including phenoxy) is 1. The topological polar surface area (TPSA) is 79.5 Å². The van der Waals surface area contributed by atoms with Crippen LogP contribution in [0.25, 0.3) is 0 Å². The van der Waals surface area contributed by atoms with E-state index >= 15 is 0 Å². The summed E-state index contributed by atoms with van der Waals surface area (Å²) in [6.45, 7) is 7.44. The van der Waals surface area contributed by atoms with Gasteiger partial charge in [0.1, 0.15) is 5.75 Å². The fourth-order valence-corrected chi connectivity index (χ4v) is 3.06. The molecule has 0 heterocycles. The van der Waals surface area contributed by atoms with Crippen molar-refractivity contribution in [3.8, 4) is 5.75 Å². The van der Waals surface area contributed by atoms with Crippen LogP contribution < -0.4 is 20.9 Å². The molecular formula is C17H25N3O3S2. The van der Waals surface area contributed by atoms with Crippen molar-refractivity contribution < 1.29 is 14.3 Å². The number of hydrogen-bond acceptors (Lipinski definition) is 5. The maximum Gasteiger partial charge on any atom is 0.248 e. The van der Waals surface area contributed by atoms with Gasteiger partial charge in [-0.1, -0.05) is 0 Å². The summed E-state index contributed by atoms with van der Waals surface area (Å²) in [5.74, 6) is 1.31. The minimum absolute atomic E-state index is 0.00398. The Bertz CT molecular complexity index is 643. The first-order valence-electron chi connectivity index (χ1n) is 7.75. The largest absolute Gasteiger partial charge is 0.496 e. The first-order valence-corrected chi connectivity index (χ1v) is 9.31. The number of benzene rings is 1. The molecule has 1 amide bonds. The van der Waals surface area contributed by atoms with Gasteiger partial charge in [0.05, 0.1) is 12.9 Å². The van der Waals surface area contributed by atoms with Crippen LogP contribution in [-0.4, -0.2) is 35.2 Å². The minimum Gasteiger partial charge on any atom is -0.496 e. The predicted molar refractivity (Wildman–Crippen MR) is 106 cm³/mol. The average molecular weight is 384 g/mol. The molecule has 8 heteroatoms. The third kappa shape index (κ3) is 8.22. The molecule has 0 unspecified atom stereocenters. The van der Waals surface area contributed by atoms with Gasteiger partial charge >= 0.3 is 0 Å². The van der Waals surface area contributed by atoms with Crippen LogP contribution in [0.4, 0.5) is 0 Å². The summed E-state index contributed by atoms with van der Waals surface area (Å²) in [5, 5.41) is 3.40. The number of rotatable bonds is 6. The van der Waals surface area contributed by atoms with Crippen LogP contribution in [0.15, 0.2) is 18.2 Å². The van der Waals surface area contributed by atoms with E-state index in [1.54, 1.807) is 25.3 Å². The number of hydrazine groups is 1. The van der Waals surface area contributed by atoms with Gasteiger partial charge in [0, 0.05) is 22.4 Å². The SMILES string of the molecule is COc1ccc(C(C)=O)cc1CSCC(=O)NNC(=S)NC(C)(C)C. The normalized spacial score (nSPS) is 10.8. The Morgan fingerprint density at radius 1 is 1.24 bits per heavy atom.